The summed E-state index contributed by atoms with van der Waals surface area (Å²) in [5.41, 5.74) is 0.789. The van der Waals surface area contributed by atoms with E-state index in [2.05, 4.69) is 16.8 Å². The van der Waals surface area contributed by atoms with Gasteiger partial charge in [0.15, 0.2) is 6.29 Å². The van der Waals surface area contributed by atoms with Crippen LogP contribution in [0.2, 0.25) is 0 Å². The fourth-order valence-electron chi connectivity index (χ4n) is 1.01. The molecule has 1 aromatic heterocycles. The highest BCUT2D eigenvalue weighted by molar-refractivity contribution is 5.73. The monoisotopic (exact) mass is 217 g/mol. The van der Waals surface area contributed by atoms with Gasteiger partial charge in [0.1, 0.15) is 17.8 Å². The molecule has 0 unspecified atom stereocenters. The molecule has 16 heavy (non-hydrogen) atoms. The predicted octanol–water partition coefficient (Wildman–Crippen LogP) is 1.20. The molecule has 0 N–H and O–H groups in total. The van der Waals surface area contributed by atoms with Crippen LogP contribution in [0.1, 0.15) is 29.5 Å². The summed E-state index contributed by atoms with van der Waals surface area (Å²) in [7, 11) is 0. The smallest absolute Gasteiger partial charge is 0.317 e. The third-order valence-corrected chi connectivity index (χ3v) is 1.65. The van der Waals surface area contributed by atoms with Gasteiger partial charge in [-0.1, -0.05) is 12.0 Å². The zero-order chi connectivity index (χ0) is 11.8. The summed E-state index contributed by atoms with van der Waals surface area (Å²) in [5, 5.41) is 0. The molecule has 0 saturated carbocycles. The lowest BCUT2D eigenvalue weighted by atomic mass is 10.3. The summed E-state index contributed by atoms with van der Waals surface area (Å²) in [6.45, 7) is 2.08. The lowest BCUT2D eigenvalue weighted by Gasteiger charge is -1.94. The van der Waals surface area contributed by atoms with Crippen LogP contribution in [0, 0.1) is 11.8 Å². The van der Waals surface area contributed by atoms with E-state index in [1.807, 2.05) is 0 Å². The van der Waals surface area contributed by atoms with E-state index in [1.54, 1.807) is 25.1 Å². The molecule has 0 bridgehead atoms. The Hall–Kier alpha value is -2.15. The van der Waals surface area contributed by atoms with Crippen LogP contribution in [0.15, 0.2) is 18.2 Å². The summed E-state index contributed by atoms with van der Waals surface area (Å²) in [6.07, 6.45) is 0.678. The number of nitrogens with zero attached hydrogens (tertiary/aromatic N) is 1. The van der Waals surface area contributed by atoms with Crippen molar-refractivity contribution in [3.8, 4) is 11.8 Å². The summed E-state index contributed by atoms with van der Waals surface area (Å²) >= 11 is 0. The third kappa shape index (κ3) is 3.93. The molecule has 0 aromatic carbocycles. The van der Waals surface area contributed by atoms with E-state index >= 15 is 0 Å². The second kappa shape index (κ2) is 6.36. The third-order valence-electron chi connectivity index (χ3n) is 1.65. The van der Waals surface area contributed by atoms with Gasteiger partial charge in [0, 0.05) is 0 Å². The van der Waals surface area contributed by atoms with Gasteiger partial charge in [0.25, 0.3) is 0 Å². The number of rotatable bonds is 3. The van der Waals surface area contributed by atoms with Crippen molar-refractivity contribution in [1.82, 2.24) is 4.98 Å². The van der Waals surface area contributed by atoms with Crippen LogP contribution in [0.25, 0.3) is 0 Å². The minimum atomic E-state index is -0.360. The standard InChI is InChI=1S/C12H11NO3/c1-2-16-12(15)8-4-6-10-5-3-7-11(9-14)13-10/h3,5,7,9H,2,8H2,1H3. The van der Waals surface area contributed by atoms with E-state index < -0.39 is 0 Å². The average Bonchev–Trinajstić information content (AvgIpc) is 2.30. The molecule has 0 aliphatic rings. The Balaban J connectivity index is 2.62. The first-order chi connectivity index (χ1) is 7.76. The number of hydrogen-bond acceptors (Lipinski definition) is 4. The minimum Gasteiger partial charge on any atom is -0.465 e. The first-order valence-electron chi connectivity index (χ1n) is 4.83. The van der Waals surface area contributed by atoms with Crippen LogP contribution in [-0.4, -0.2) is 23.8 Å². The number of esters is 1. The van der Waals surface area contributed by atoms with Gasteiger partial charge in [0.05, 0.1) is 6.61 Å². The Bertz CT molecular complexity index is 443. The highest BCUT2D eigenvalue weighted by Gasteiger charge is 1.96. The van der Waals surface area contributed by atoms with Crippen molar-refractivity contribution in [3.63, 3.8) is 0 Å². The lowest BCUT2D eigenvalue weighted by molar-refractivity contribution is -0.141. The quantitative estimate of drug-likeness (QED) is 0.433. The fraction of sp³-hybridized carbons (Fsp3) is 0.250. The molecule has 0 radical (unpaired) electrons. The van der Waals surface area contributed by atoms with Crippen LogP contribution >= 0.6 is 0 Å². The van der Waals surface area contributed by atoms with Crippen LogP contribution < -0.4 is 0 Å². The molecule has 4 nitrogen and oxygen atoms in total. The fourth-order valence-corrected chi connectivity index (χ4v) is 1.01. The summed E-state index contributed by atoms with van der Waals surface area (Å²) in [6, 6.07) is 4.94. The summed E-state index contributed by atoms with van der Waals surface area (Å²) < 4.78 is 4.71. The van der Waals surface area contributed by atoms with Crippen LogP contribution in [0.4, 0.5) is 0 Å². The molecule has 0 aliphatic carbocycles. The number of carbonyl (C=O) groups is 2. The molecule has 1 heterocycles. The Kier molecular flexibility index (Phi) is 4.74. The number of aldehydes is 1. The largest absolute Gasteiger partial charge is 0.465 e. The molecular weight excluding hydrogens is 206 g/mol. The topological polar surface area (TPSA) is 56.3 Å². The Morgan fingerprint density at radius 1 is 1.56 bits per heavy atom. The maximum Gasteiger partial charge on any atom is 0.317 e. The normalized spacial score (nSPS) is 8.81. The number of ether oxygens (including phenoxy) is 1. The van der Waals surface area contributed by atoms with E-state index in [0.29, 0.717) is 24.3 Å². The number of aromatic nitrogens is 1. The van der Waals surface area contributed by atoms with Gasteiger partial charge in [-0.05, 0) is 25.0 Å². The van der Waals surface area contributed by atoms with Gasteiger partial charge in [-0.25, -0.2) is 4.98 Å². The van der Waals surface area contributed by atoms with Crippen molar-refractivity contribution in [2.24, 2.45) is 0 Å². The second-order valence-electron chi connectivity index (χ2n) is 2.85. The molecule has 0 amide bonds. The zero-order valence-electron chi connectivity index (χ0n) is 8.90. The Morgan fingerprint density at radius 3 is 3.06 bits per heavy atom. The molecule has 0 saturated heterocycles. The summed E-state index contributed by atoms with van der Waals surface area (Å²) in [5.74, 6) is 4.96. The molecule has 82 valence electrons. The van der Waals surface area contributed by atoms with Gasteiger partial charge >= 0.3 is 5.97 Å². The lowest BCUT2D eigenvalue weighted by Crippen LogP contribution is -2.01. The molecule has 1 rings (SSSR count). The van der Waals surface area contributed by atoms with Crippen molar-refractivity contribution in [1.29, 1.82) is 0 Å². The molecular formula is C12H11NO3. The maximum atomic E-state index is 11.0. The van der Waals surface area contributed by atoms with Gasteiger partial charge in [-0.15, -0.1) is 0 Å². The number of carbonyl (C=O) groups excluding carboxylic acids is 2. The highest BCUT2D eigenvalue weighted by atomic mass is 16.5. The van der Waals surface area contributed by atoms with Gasteiger partial charge in [-0.3, -0.25) is 9.59 Å². The maximum absolute atomic E-state index is 11.0. The molecule has 0 atom stereocenters. The molecule has 0 aliphatic heterocycles. The minimum absolute atomic E-state index is 0.0286. The van der Waals surface area contributed by atoms with Crippen molar-refractivity contribution in [2.45, 2.75) is 13.3 Å². The van der Waals surface area contributed by atoms with Crippen molar-refractivity contribution in [3.05, 3.63) is 29.6 Å². The predicted molar refractivity (Wildman–Crippen MR) is 57.8 cm³/mol. The van der Waals surface area contributed by atoms with E-state index in [9.17, 15) is 9.59 Å². The highest BCUT2D eigenvalue weighted by Crippen LogP contribution is 1.95. The van der Waals surface area contributed by atoms with Gasteiger partial charge in [0.2, 0.25) is 0 Å². The van der Waals surface area contributed by atoms with Crippen LogP contribution in [0.3, 0.4) is 0 Å². The summed E-state index contributed by atoms with van der Waals surface area (Å²) in [4.78, 5) is 25.3. The first-order valence-corrected chi connectivity index (χ1v) is 4.83. The van der Waals surface area contributed by atoms with E-state index in [1.165, 1.54) is 0 Å². The van der Waals surface area contributed by atoms with E-state index in [0.717, 1.165) is 0 Å². The SMILES string of the molecule is CCOC(=O)CC#Cc1cccc(C=O)n1. The van der Waals surface area contributed by atoms with Crippen molar-refractivity contribution in [2.75, 3.05) is 6.61 Å². The van der Waals surface area contributed by atoms with Crippen LogP contribution in [-0.2, 0) is 9.53 Å². The van der Waals surface area contributed by atoms with E-state index in [4.69, 9.17) is 4.74 Å². The Labute approximate surface area is 93.6 Å². The van der Waals surface area contributed by atoms with E-state index in [-0.39, 0.29) is 12.4 Å². The van der Waals surface area contributed by atoms with Crippen molar-refractivity contribution >= 4 is 12.3 Å². The molecule has 0 spiro atoms. The first kappa shape index (κ1) is 11.9. The zero-order valence-corrected chi connectivity index (χ0v) is 8.90. The molecule has 4 heteroatoms. The van der Waals surface area contributed by atoms with Gasteiger partial charge in [-0.2, -0.15) is 0 Å². The van der Waals surface area contributed by atoms with Crippen molar-refractivity contribution < 1.29 is 14.3 Å². The number of pyridine rings is 1. The Morgan fingerprint density at radius 2 is 2.38 bits per heavy atom. The molecule has 0 fully saturated rings. The molecule has 1 aromatic rings. The van der Waals surface area contributed by atoms with Gasteiger partial charge < -0.3 is 4.74 Å². The van der Waals surface area contributed by atoms with Crippen LogP contribution in [0.5, 0.6) is 0 Å². The number of hydrogen-bond donors (Lipinski definition) is 0. The average molecular weight is 217 g/mol. The second-order valence-corrected chi connectivity index (χ2v) is 2.85.